The van der Waals surface area contributed by atoms with E-state index in [9.17, 15) is 4.79 Å². The van der Waals surface area contributed by atoms with Crippen LogP contribution in [0, 0.1) is 0 Å². The first-order chi connectivity index (χ1) is 16.0. The molecule has 1 fully saturated rings. The maximum atomic E-state index is 10.8. The number of fused-ring (bicyclic) bond motifs is 1. The normalized spacial score (nSPS) is 18.9. The van der Waals surface area contributed by atoms with Crippen molar-refractivity contribution < 1.29 is 4.79 Å². The largest absolute Gasteiger partial charge is 0.368 e. The number of anilines is 3. The van der Waals surface area contributed by atoms with Crippen LogP contribution in [0.5, 0.6) is 0 Å². The van der Waals surface area contributed by atoms with Gasteiger partial charge in [0.05, 0.1) is 12.2 Å². The second-order valence-electron chi connectivity index (χ2n) is 8.99. The Balaban J connectivity index is 1.42. The molecule has 0 saturated carbocycles. The Morgan fingerprint density at radius 1 is 1.06 bits per heavy atom. The van der Waals surface area contributed by atoms with Crippen molar-refractivity contribution in [3.63, 3.8) is 0 Å². The van der Waals surface area contributed by atoms with Crippen LogP contribution in [0.15, 0.2) is 36.5 Å². The number of aromatic nitrogens is 4. The van der Waals surface area contributed by atoms with E-state index >= 15 is 0 Å². The lowest BCUT2D eigenvalue weighted by Gasteiger charge is -2.37. The van der Waals surface area contributed by atoms with Crippen molar-refractivity contribution in [3.8, 4) is 11.3 Å². The third kappa shape index (κ3) is 4.41. The Kier molecular flexibility index (Phi) is 5.72. The number of nitrogens with zero attached hydrogens (tertiary/aromatic N) is 7. The summed E-state index contributed by atoms with van der Waals surface area (Å²) in [6.07, 6.45) is 3.62. The molecule has 0 radical (unpaired) electrons. The van der Waals surface area contributed by atoms with E-state index in [1.54, 1.807) is 4.68 Å². The summed E-state index contributed by atoms with van der Waals surface area (Å²) in [6, 6.07) is 10.8. The molecule has 1 unspecified atom stereocenters. The van der Waals surface area contributed by atoms with Gasteiger partial charge in [-0.25, -0.2) is 0 Å². The Labute approximate surface area is 193 Å². The minimum absolute atomic E-state index is 0.265. The lowest BCUT2D eigenvalue weighted by Crippen LogP contribution is -2.45. The number of carbonyl (C=O) groups excluding carboxylic acids is 1. The van der Waals surface area contributed by atoms with Gasteiger partial charge in [0.1, 0.15) is 17.9 Å². The topological polar surface area (TPSA) is 96.4 Å². The number of nitrogen functional groups attached to an aromatic ring is 1. The summed E-state index contributed by atoms with van der Waals surface area (Å²) in [4.78, 5) is 26.8. The number of nitrogens with two attached hydrogens (primary N) is 1. The second kappa shape index (κ2) is 8.82. The molecule has 0 bridgehead atoms. The number of benzene rings is 1. The van der Waals surface area contributed by atoms with Crippen molar-refractivity contribution in [2.24, 2.45) is 0 Å². The third-order valence-corrected chi connectivity index (χ3v) is 6.63. The molecule has 2 aliphatic rings. The molecule has 0 amide bonds. The molecule has 0 aliphatic carbocycles. The quantitative estimate of drug-likeness (QED) is 0.593. The molecular formula is C24H30N8O. The minimum Gasteiger partial charge on any atom is -0.368 e. The lowest BCUT2D eigenvalue weighted by molar-refractivity contribution is -0.108. The highest BCUT2D eigenvalue weighted by Gasteiger charge is 2.26. The molecule has 0 spiro atoms. The van der Waals surface area contributed by atoms with E-state index in [1.165, 1.54) is 11.1 Å². The maximum Gasteiger partial charge on any atom is 0.223 e. The van der Waals surface area contributed by atoms with Gasteiger partial charge in [-0.05, 0) is 43.7 Å². The standard InChI is InChI=1S/C24H30N8O/c1-17-13-18-3-4-19(21-5-6-31(28-21)11-12-33)14-20(18)16-32(17)23-15-22(26-24(25)27-23)30-9-7-29(2)8-10-30/h3-6,12,14-15,17H,7-11,13,16H2,1-2H3,(H2,25,26,27). The number of hydrogen-bond acceptors (Lipinski definition) is 8. The van der Waals surface area contributed by atoms with Gasteiger partial charge >= 0.3 is 0 Å². The SMILES string of the molecule is CC1Cc2ccc(-c3ccn(CC=O)n3)cc2CN1c1cc(N2CCN(C)CC2)nc(N)n1. The van der Waals surface area contributed by atoms with E-state index < -0.39 is 0 Å². The van der Waals surface area contributed by atoms with Gasteiger partial charge in [0.15, 0.2) is 0 Å². The summed E-state index contributed by atoms with van der Waals surface area (Å²) in [5.41, 5.74) is 10.7. The van der Waals surface area contributed by atoms with Crippen molar-refractivity contribution >= 4 is 23.9 Å². The minimum atomic E-state index is 0.265. The van der Waals surface area contributed by atoms with Crippen LogP contribution in [0.2, 0.25) is 0 Å². The summed E-state index contributed by atoms with van der Waals surface area (Å²) < 4.78 is 1.65. The highest BCUT2D eigenvalue weighted by Crippen LogP contribution is 2.32. The molecule has 33 heavy (non-hydrogen) atoms. The molecule has 9 heteroatoms. The van der Waals surface area contributed by atoms with Crippen LogP contribution >= 0.6 is 0 Å². The molecule has 1 aromatic carbocycles. The van der Waals surface area contributed by atoms with Gasteiger partial charge in [-0.2, -0.15) is 15.1 Å². The first kappa shape index (κ1) is 21.4. The third-order valence-electron chi connectivity index (χ3n) is 6.63. The van der Waals surface area contributed by atoms with E-state index in [2.05, 4.69) is 68.0 Å². The van der Waals surface area contributed by atoms with E-state index in [0.717, 1.165) is 68.3 Å². The van der Waals surface area contributed by atoms with Crippen molar-refractivity contribution in [2.45, 2.75) is 32.5 Å². The number of piperazine rings is 1. The van der Waals surface area contributed by atoms with E-state index in [0.29, 0.717) is 12.0 Å². The fraction of sp³-hybridized carbons (Fsp3) is 0.417. The van der Waals surface area contributed by atoms with Crippen LogP contribution < -0.4 is 15.5 Å². The van der Waals surface area contributed by atoms with Gasteiger partial charge < -0.3 is 25.2 Å². The fourth-order valence-corrected chi connectivity index (χ4v) is 4.68. The molecule has 2 aliphatic heterocycles. The van der Waals surface area contributed by atoms with Crippen LogP contribution in [0.3, 0.4) is 0 Å². The number of hydrogen-bond donors (Lipinski definition) is 1. The number of aldehydes is 1. The highest BCUT2D eigenvalue weighted by molar-refractivity contribution is 5.63. The average Bonchev–Trinajstić information content (AvgIpc) is 3.27. The Bertz CT molecular complexity index is 1150. The Hall–Kier alpha value is -3.46. The fourth-order valence-electron chi connectivity index (χ4n) is 4.68. The van der Waals surface area contributed by atoms with Gasteiger partial charge in [-0.15, -0.1) is 0 Å². The van der Waals surface area contributed by atoms with Gasteiger partial charge in [-0.1, -0.05) is 12.1 Å². The first-order valence-electron chi connectivity index (χ1n) is 11.4. The zero-order valence-corrected chi connectivity index (χ0v) is 19.2. The van der Waals surface area contributed by atoms with Gasteiger partial charge in [0, 0.05) is 56.6 Å². The summed E-state index contributed by atoms with van der Waals surface area (Å²) in [5.74, 6) is 2.09. The molecule has 5 rings (SSSR count). The molecular weight excluding hydrogens is 416 g/mol. The monoisotopic (exact) mass is 446 g/mol. The number of rotatable bonds is 5. The first-order valence-corrected chi connectivity index (χ1v) is 11.4. The molecule has 1 atom stereocenters. The van der Waals surface area contributed by atoms with Crippen LogP contribution in [-0.4, -0.2) is 70.2 Å². The molecule has 2 aromatic heterocycles. The van der Waals surface area contributed by atoms with Crippen molar-refractivity contribution in [2.75, 3.05) is 48.8 Å². The molecule has 9 nitrogen and oxygen atoms in total. The molecule has 4 heterocycles. The predicted molar refractivity (Wildman–Crippen MR) is 129 cm³/mol. The highest BCUT2D eigenvalue weighted by atomic mass is 16.1. The maximum absolute atomic E-state index is 10.8. The molecule has 2 N–H and O–H groups in total. The van der Waals surface area contributed by atoms with E-state index in [-0.39, 0.29) is 6.54 Å². The van der Waals surface area contributed by atoms with Crippen molar-refractivity contribution in [3.05, 3.63) is 47.7 Å². The predicted octanol–water partition coefficient (Wildman–Crippen LogP) is 1.82. The van der Waals surface area contributed by atoms with Crippen LogP contribution in [0.4, 0.5) is 17.6 Å². The lowest BCUT2D eigenvalue weighted by atomic mass is 9.92. The summed E-state index contributed by atoms with van der Waals surface area (Å²) >= 11 is 0. The zero-order valence-electron chi connectivity index (χ0n) is 19.2. The van der Waals surface area contributed by atoms with Gasteiger partial charge in [-0.3, -0.25) is 4.68 Å². The summed E-state index contributed by atoms with van der Waals surface area (Å²) in [7, 11) is 2.14. The zero-order chi connectivity index (χ0) is 22.9. The van der Waals surface area contributed by atoms with Crippen LogP contribution in [-0.2, 0) is 24.3 Å². The summed E-state index contributed by atoms with van der Waals surface area (Å²) in [5, 5.41) is 4.52. The second-order valence-corrected chi connectivity index (χ2v) is 8.99. The molecule has 172 valence electrons. The van der Waals surface area contributed by atoms with Gasteiger partial charge in [0.25, 0.3) is 0 Å². The average molecular weight is 447 g/mol. The Morgan fingerprint density at radius 2 is 1.85 bits per heavy atom. The molecule has 1 saturated heterocycles. The van der Waals surface area contributed by atoms with E-state index in [1.807, 2.05) is 12.3 Å². The van der Waals surface area contributed by atoms with Gasteiger partial charge in [0.2, 0.25) is 5.95 Å². The number of likely N-dealkylation sites (N-methyl/N-ethyl adjacent to an activating group) is 1. The smallest absolute Gasteiger partial charge is 0.223 e. The van der Waals surface area contributed by atoms with E-state index in [4.69, 9.17) is 5.73 Å². The van der Waals surface area contributed by atoms with Crippen LogP contribution in [0.1, 0.15) is 18.1 Å². The molecule has 3 aromatic rings. The summed E-state index contributed by atoms with van der Waals surface area (Å²) in [6.45, 7) is 7.14. The van der Waals surface area contributed by atoms with Crippen molar-refractivity contribution in [1.82, 2.24) is 24.6 Å². The van der Waals surface area contributed by atoms with Crippen molar-refractivity contribution in [1.29, 1.82) is 0 Å². The van der Waals surface area contributed by atoms with Crippen LogP contribution in [0.25, 0.3) is 11.3 Å². The number of carbonyl (C=O) groups is 1. The Morgan fingerprint density at radius 3 is 2.64 bits per heavy atom.